The minimum Gasteiger partial charge on any atom is -0.504 e. The first-order valence-corrected chi connectivity index (χ1v) is 5.67. The standard InChI is InChI=1S/C15H15NO2/c1-11-3-6-13(7-4-11)16-10-12-5-8-14(17)15(9-12)18-2/h3-10,17H,1-2H3. The molecule has 0 saturated carbocycles. The lowest BCUT2D eigenvalue weighted by Gasteiger charge is -2.03. The van der Waals surface area contributed by atoms with Gasteiger partial charge in [-0.15, -0.1) is 0 Å². The van der Waals surface area contributed by atoms with Gasteiger partial charge in [-0.25, -0.2) is 0 Å². The molecule has 0 bridgehead atoms. The number of rotatable bonds is 3. The Morgan fingerprint density at radius 2 is 1.83 bits per heavy atom. The lowest BCUT2D eigenvalue weighted by Crippen LogP contribution is -1.86. The fraction of sp³-hybridized carbons (Fsp3) is 0.133. The van der Waals surface area contributed by atoms with E-state index < -0.39 is 0 Å². The molecule has 0 fully saturated rings. The molecule has 3 nitrogen and oxygen atoms in total. The predicted molar refractivity (Wildman–Crippen MR) is 73.1 cm³/mol. The molecule has 0 heterocycles. The van der Waals surface area contributed by atoms with Crippen molar-refractivity contribution >= 4 is 11.9 Å². The highest BCUT2D eigenvalue weighted by Gasteiger charge is 2.00. The number of aryl methyl sites for hydroxylation is 1. The SMILES string of the molecule is COc1cc(C=Nc2ccc(C)cc2)ccc1O. The molecule has 0 aliphatic rings. The second-order valence-corrected chi connectivity index (χ2v) is 4.03. The van der Waals surface area contributed by atoms with Crippen LogP contribution in [0.5, 0.6) is 11.5 Å². The first-order chi connectivity index (χ1) is 8.69. The van der Waals surface area contributed by atoms with E-state index >= 15 is 0 Å². The number of aromatic hydroxyl groups is 1. The minimum absolute atomic E-state index is 0.130. The number of phenols is 1. The van der Waals surface area contributed by atoms with Crippen LogP contribution in [0.15, 0.2) is 47.5 Å². The molecule has 92 valence electrons. The topological polar surface area (TPSA) is 41.8 Å². The van der Waals surface area contributed by atoms with Crippen LogP contribution >= 0.6 is 0 Å². The van der Waals surface area contributed by atoms with E-state index in [0.717, 1.165) is 11.3 Å². The Bertz CT molecular complexity index is 559. The zero-order valence-electron chi connectivity index (χ0n) is 10.4. The summed E-state index contributed by atoms with van der Waals surface area (Å²) >= 11 is 0. The van der Waals surface area contributed by atoms with Crippen molar-refractivity contribution in [3.05, 3.63) is 53.6 Å². The van der Waals surface area contributed by atoms with Gasteiger partial charge in [0.2, 0.25) is 0 Å². The number of benzene rings is 2. The molecule has 0 spiro atoms. The third-order valence-corrected chi connectivity index (χ3v) is 2.60. The molecule has 0 radical (unpaired) electrons. The fourth-order valence-corrected chi connectivity index (χ4v) is 1.55. The van der Waals surface area contributed by atoms with E-state index in [-0.39, 0.29) is 5.75 Å². The number of hydrogen-bond acceptors (Lipinski definition) is 3. The van der Waals surface area contributed by atoms with Crippen LogP contribution in [0, 0.1) is 6.92 Å². The Hall–Kier alpha value is -2.29. The molecule has 0 aromatic heterocycles. The Kier molecular flexibility index (Phi) is 3.63. The van der Waals surface area contributed by atoms with E-state index in [0.29, 0.717) is 5.75 Å². The second-order valence-electron chi connectivity index (χ2n) is 4.03. The van der Waals surface area contributed by atoms with Gasteiger partial charge in [-0.05, 0) is 42.8 Å². The third-order valence-electron chi connectivity index (χ3n) is 2.60. The monoisotopic (exact) mass is 241 g/mol. The van der Waals surface area contributed by atoms with E-state index in [2.05, 4.69) is 4.99 Å². The summed E-state index contributed by atoms with van der Waals surface area (Å²) in [7, 11) is 1.52. The number of nitrogens with zero attached hydrogens (tertiary/aromatic N) is 1. The number of methoxy groups -OCH3 is 1. The summed E-state index contributed by atoms with van der Waals surface area (Å²) in [4.78, 5) is 4.36. The number of hydrogen-bond donors (Lipinski definition) is 1. The maximum Gasteiger partial charge on any atom is 0.161 e. The van der Waals surface area contributed by atoms with Crippen LogP contribution < -0.4 is 4.74 Å². The summed E-state index contributed by atoms with van der Waals surface area (Å²) in [6, 6.07) is 13.1. The van der Waals surface area contributed by atoms with Crippen LogP contribution in [0.2, 0.25) is 0 Å². The van der Waals surface area contributed by atoms with Crippen LogP contribution in [0.25, 0.3) is 0 Å². The molecule has 0 aliphatic heterocycles. The van der Waals surface area contributed by atoms with Crippen molar-refractivity contribution in [2.75, 3.05) is 7.11 Å². The zero-order chi connectivity index (χ0) is 13.0. The van der Waals surface area contributed by atoms with E-state index in [1.807, 2.05) is 31.2 Å². The lowest BCUT2D eigenvalue weighted by molar-refractivity contribution is 0.373. The van der Waals surface area contributed by atoms with Gasteiger partial charge < -0.3 is 9.84 Å². The fourth-order valence-electron chi connectivity index (χ4n) is 1.55. The first-order valence-electron chi connectivity index (χ1n) is 5.67. The van der Waals surface area contributed by atoms with Crippen molar-refractivity contribution in [1.82, 2.24) is 0 Å². The van der Waals surface area contributed by atoms with Crippen molar-refractivity contribution in [2.24, 2.45) is 4.99 Å². The Balaban J connectivity index is 2.20. The van der Waals surface area contributed by atoms with Gasteiger partial charge in [0.1, 0.15) is 0 Å². The van der Waals surface area contributed by atoms with Crippen molar-refractivity contribution in [3.8, 4) is 11.5 Å². The Morgan fingerprint density at radius 1 is 1.11 bits per heavy atom. The molecule has 0 saturated heterocycles. The Morgan fingerprint density at radius 3 is 2.50 bits per heavy atom. The number of ether oxygens (including phenoxy) is 1. The van der Waals surface area contributed by atoms with Crippen molar-refractivity contribution in [3.63, 3.8) is 0 Å². The summed E-state index contributed by atoms with van der Waals surface area (Å²) in [5, 5.41) is 9.48. The lowest BCUT2D eigenvalue weighted by atomic mass is 10.2. The van der Waals surface area contributed by atoms with Crippen LogP contribution in [-0.4, -0.2) is 18.4 Å². The van der Waals surface area contributed by atoms with Gasteiger partial charge in [-0.3, -0.25) is 4.99 Å². The van der Waals surface area contributed by atoms with Gasteiger partial charge in [0.25, 0.3) is 0 Å². The van der Waals surface area contributed by atoms with E-state index in [1.54, 1.807) is 24.4 Å². The van der Waals surface area contributed by atoms with Crippen LogP contribution in [0.1, 0.15) is 11.1 Å². The van der Waals surface area contributed by atoms with Crippen LogP contribution in [-0.2, 0) is 0 Å². The summed E-state index contributed by atoms with van der Waals surface area (Å²) in [5.74, 6) is 0.577. The molecule has 2 rings (SSSR count). The molecule has 3 heteroatoms. The summed E-state index contributed by atoms with van der Waals surface area (Å²) in [6.07, 6.45) is 1.74. The summed E-state index contributed by atoms with van der Waals surface area (Å²) in [5.41, 5.74) is 2.98. The van der Waals surface area contributed by atoms with Gasteiger partial charge in [0.05, 0.1) is 12.8 Å². The average molecular weight is 241 g/mol. The maximum absolute atomic E-state index is 9.48. The van der Waals surface area contributed by atoms with E-state index in [4.69, 9.17) is 4.74 Å². The van der Waals surface area contributed by atoms with E-state index in [9.17, 15) is 5.11 Å². The number of phenolic OH excluding ortho intramolecular Hbond substituents is 1. The van der Waals surface area contributed by atoms with E-state index in [1.165, 1.54) is 12.7 Å². The highest BCUT2D eigenvalue weighted by Crippen LogP contribution is 2.25. The Labute approximate surface area is 106 Å². The third kappa shape index (κ3) is 2.88. The summed E-state index contributed by atoms with van der Waals surface area (Å²) < 4.78 is 5.04. The van der Waals surface area contributed by atoms with Crippen LogP contribution in [0.3, 0.4) is 0 Å². The smallest absolute Gasteiger partial charge is 0.161 e. The molecule has 18 heavy (non-hydrogen) atoms. The molecule has 2 aromatic rings. The normalized spacial score (nSPS) is 10.8. The highest BCUT2D eigenvalue weighted by molar-refractivity contribution is 5.83. The zero-order valence-corrected chi connectivity index (χ0v) is 10.4. The largest absolute Gasteiger partial charge is 0.504 e. The maximum atomic E-state index is 9.48. The molecule has 0 amide bonds. The van der Waals surface area contributed by atoms with Gasteiger partial charge in [0.15, 0.2) is 11.5 Å². The quantitative estimate of drug-likeness (QED) is 0.836. The van der Waals surface area contributed by atoms with Gasteiger partial charge in [-0.1, -0.05) is 17.7 Å². The van der Waals surface area contributed by atoms with Crippen molar-refractivity contribution in [2.45, 2.75) is 6.92 Å². The van der Waals surface area contributed by atoms with Gasteiger partial charge in [-0.2, -0.15) is 0 Å². The molecule has 2 aromatic carbocycles. The minimum atomic E-state index is 0.130. The molecular formula is C15H15NO2. The molecule has 0 unspecified atom stereocenters. The van der Waals surface area contributed by atoms with Gasteiger partial charge >= 0.3 is 0 Å². The predicted octanol–water partition coefficient (Wildman–Crippen LogP) is 3.46. The van der Waals surface area contributed by atoms with Crippen molar-refractivity contribution < 1.29 is 9.84 Å². The van der Waals surface area contributed by atoms with Crippen LogP contribution in [0.4, 0.5) is 5.69 Å². The molecule has 0 atom stereocenters. The summed E-state index contributed by atoms with van der Waals surface area (Å²) in [6.45, 7) is 2.04. The highest BCUT2D eigenvalue weighted by atomic mass is 16.5. The average Bonchev–Trinajstić information content (AvgIpc) is 2.39. The molecule has 0 aliphatic carbocycles. The molecule has 1 N–H and O–H groups in total. The number of aliphatic imine (C=N–C) groups is 1. The second kappa shape index (κ2) is 5.36. The van der Waals surface area contributed by atoms with Gasteiger partial charge in [0, 0.05) is 6.21 Å². The molecular weight excluding hydrogens is 226 g/mol. The first kappa shape index (κ1) is 12.2. The van der Waals surface area contributed by atoms with Crippen molar-refractivity contribution in [1.29, 1.82) is 0 Å².